The highest BCUT2D eigenvalue weighted by Crippen LogP contribution is 2.52. The molecule has 1 aromatic carbocycles. The summed E-state index contributed by atoms with van der Waals surface area (Å²) in [5, 5.41) is 14.6. The molecule has 1 saturated heterocycles. The number of likely N-dealkylation sites (tertiary alicyclic amines) is 1. The number of β-amino-alcohol motifs (C(OH)–C–C–N with tert-alkyl or cyclic N) is 1. The zero-order valence-corrected chi connectivity index (χ0v) is 13.7. The van der Waals surface area contributed by atoms with Crippen molar-refractivity contribution in [2.45, 2.75) is 25.6 Å². The zero-order chi connectivity index (χ0) is 16.7. The van der Waals surface area contributed by atoms with E-state index in [2.05, 4.69) is 5.10 Å². The van der Waals surface area contributed by atoms with Crippen LogP contribution >= 0.6 is 0 Å². The maximum Gasteiger partial charge on any atom is 0.257 e. The minimum atomic E-state index is -0.406. The van der Waals surface area contributed by atoms with Gasteiger partial charge < -0.3 is 14.7 Å². The molecule has 24 heavy (non-hydrogen) atoms. The van der Waals surface area contributed by atoms with E-state index in [4.69, 9.17) is 4.74 Å². The van der Waals surface area contributed by atoms with Crippen LogP contribution in [0.4, 0.5) is 0 Å². The second-order valence-corrected chi connectivity index (χ2v) is 6.75. The highest BCUT2D eigenvalue weighted by Gasteiger charge is 2.55. The Labute approximate surface area is 140 Å². The Morgan fingerprint density at radius 3 is 2.75 bits per heavy atom. The van der Waals surface area contributed by atoms with Gasteiger partial charge in [0.2, 0.25) is 0 Å². The SMILES string of the molecule is COCc1c(C(=O)N2CC(O)C3(CC3)C2)cnn1-c1ccccc1. The van der Waals surface area contributed by atoms with Gasteiger partial charge in [-0.2, -0.15) is 5.10 Å². The Balaban J connectivity index is 1.65. The maximum absolute atomic E-state index is 13.0. The van der Waals surface area contributed by atoms with E-state index in [0.29, 0.717) is 25.3 Å². The van der Waals surface area contributed by atoms with Crippen LogP contribution in [-0.4, -0.2) is 52.0 Å². The Hall–Kier alpha value is -2.18. The minimum absolute atomic E-state index is 0.0491. The normalized spacial score (nSPS) is 21.4. The third-order valence-corrected chi connectivity index (χ3v) is 5.17. The van der Waals surface area contributed by atoms with Crippen molar-refractivity contribution in [3.05, 3.63) is 47.8 Å². The number of para-hydroxylation sites is 1. The molecule has 2 aromatic rings. The Bertz CT molecular complexity index is 752. The number of hydrogen-bond donors (Lipinski definition) is 1. The third-order valence-electron chi connectivity index (χ3n) is 5.17. The van der Waals surface area contributed by atoms with Gasteiger partial charge >= 0.3 is 0 Å². The predicted octanol–water partition coefficient (Wildman–Crippen LogP) is 1.62. The van der Waals surface area contributed by atoms with Crippen LogP contribution in [0.25, 0.3) is 5.69 Å². The first-order valence-electron chi connectivity index (χ1n) is 8.23. The largest absolute Gasteiger partial charge is 0.391 e. The fraction of sp³-hybridized carbons (Fsp3) is 0.444. The molecule has 6 nitrogen and oxygen atoms in total. The number of benzene rings is 1. The van der Waals surface area contributed by atoms with E-state index >= 15 is 0 Å². The Morgan fingerprint density at radius 2 is 2.12 bits per heavy atom. The quantitative estimate of drug-likeness (QED) is 0.926. The molecule has 1 aliphatic carbocycles. The number of nitrogens with zero attached hydrogens (tertiary/aromatic N) is 3. The van der Waals surface area contributed by atoms with Gasteiger partial charge in [0.25, 0.3) is 5.91 Å². The molecule has 1 atom stereocenters. The lowest BCUT2D eigenvalue weighted by atomic mass is 10.0. The van der Waals surface area contributed by atoms with Gasteiger partial charge in [-0.3, -0.25) is 4.79 Å². The lowest BCUT2D eigenvalue weighted by Crippen LogP contribution is -2.30. The summed E-state index contributed by atoms with van der Waals surface area (Å²) in [6.45, 7) is 1.34. The molecule has 6 heteroatoms. The topological polar surface area (TPSA) is 67.6 Å². The lowest BCUT2D eigenvalue weighted by molar-refractivity contribution is 0.0759. The number of methoxy groups -OCH3 is 1. The molecule has 1 saturated carbocycles. The molecule has 2 aliphatic rings. The summed E-state index contributed by atoms with van der Waals surface area (Å²) < 4.78 is 7.04. The molecule has 2 heterocycles. The van der Waals surface area contributed by atoms with E-state index in [-0.39, 0.29) is 11.3 Å². The summed E-state index contributed by atoms with van der Waals surface area (Å²) in [4.78, 5) is 14.7. The number of rotatable bonds is 4. The highest BCUT2D eigenvalue weighted by atomic mass is 16.5. The number of aliphatic hydroxyl groups is 1. The lowest BCUT2D eigenvalue weighted by Gasteiger charge is -2.16. The van der Waals surface area contributed by atoms with Crippen LogP contribution in [0.5, 0.6) is 0 Å². The first-order valence-corrected chi connectivity index (χ1v) is 8.23. The van der Waals surface area contributed by atoms with Gasteiger partial charge in [0, 0.05) is 25.6 Å². The van der Waals surface area contributed by atoms with E-state index in [1.807, 2.05) is 30.3 Å². The summed E-state index contributed by atoms with van der Waals surface area (Å²) in [6, 6.07) is 9.69. The number of amides is 1. The standard InChI is InChI=1S/C18H21N3O3/c1-24-11-15-14(9-19-21(15)13-5-3-2-4-6-13)17(23)20-10-16(22)18(12-20)7-8-18/h2-6,9,16,22H,7-8,10-12H2,1H3. The highest BCUT2D eigenvalue weighted by molar-refractivity contribution is 5.95. The monoisotopic (exact) mass is 327 g/mol. The van der Waals surface area contributed by atoms with E-state index in [0.717, 1.165) is 24.2 Å². The number of carbonyl (C=O) groups is 1. The number of aromatic nitrogens is 2. The van der Waals surface area contributed by atoms with Crippen LogP contribution in [0.15, 0.2) is 36.5 Å². The zero-order valence-electron chi connectivity index (χ0n) is 13.7. The van der Waals surface area contributed by atoms with Gasteiger partial charge in [0.05, 0.1) is 35.9 Å². The van der Waals surface area contributed by atoms with Gasteiger partial charge in [-0.1, -0.05) is 18.2 Å². The molecule has 1 N–H and O–H groups in total. The smallest absolute Gasteiger partial charge is 0.257 e. The minimum Gasteiger partial charge on any atom is -0.391 e. The summed E-state index contributed by atoms with van der Waals surface area (Å²) in [7, 11) is 1.61. The maximum atomic E-state index is 13.0. The average Bonchev–Trinajstić information content (AvgIpc) is 3.15. The second-order valence-electron chi connectivity index (χ2n) is 6.75. The van der Waals surface area contributed by atoms with Crippen LogP contribution in [0.3, 0.4) is 0 Å². The molecule has 1 unspecified atom stereocenters. The van der Waals surface area contributed by atoms with Crippen LogP contribution < -0.4 is 0 Å². The first kappa shape index (κ1) is 15.4. The molecule has 126 valence electrons. The number of hydrogen-bond acceptors (Lipinski definition) is 4. The van der Waals surface area contributed by atoms with E-state index in [1.54, 1.807) is 22.9 Å². The number of aliphatic hydroxyl groups excluding tert-OH is 1. The average molecular weight is 327 g/mol. The molecular weight excluding hydrogens is 306 g/mol. The summed E-state index contributed by atoms with van der Waals surface area (Å²) in [5.41, 5.74) is 2.13. The van der Waals surface area contributed by atoms with E-state index in [1.165, 1.54) is 0 Å². The van der Waals surface area contributed by atoms with E-state index < -0.39 is 6.10 Å². The molecule has 0 bridgehead atoms. The van der Waals surface area contributed by atoms with Gasteiger partial charge in [-0.25, -0.2) is 4.68 Å². The summed E-state index contributed by atoms with van der Waals surface area (Å²) in [5.74, 6) is -0.0768. The van der Waals surface area contributed by atoms with Crippen molar-refractivity contribution in [2.75, 3.05) is 20.2 Å². The number of ether oxygens (including phenoxy) is 1. The van der Waals surface area contributed by atoms with E-state index in [9.17, 15) is 9.90 Å². The van der Waals surface area contributed by atoms with Crippen molar-refractivity contribution >= 4 is 5.91 Å². The van der Waals surface area contributed by atoms with Crippen molar-refractivity contribution in [1.82, 2.24) is 14.7 Å². The molecule has 1 spiro atoms. The van der Waals surface area contributed by atoms with Crippen LogP contribution in [0, 0.1) is 5.41 Å². The van der Waals surface area contributed by atoms with Crippen molar-refractivity contribution in [3.63, 3.8) is 0 Å². The molecular formula is C18H21N3O3. The van der Waals surface area contributed by atoms with Gasteiger partial charge in [0.15, 0.2) is 0 Å². The summed E-state index contributed by atoms with van der Waals surface area (Å²) in [6.07, 6.45) is 3.21. The molecule has 0 radical (unpaired) electrons. The molecule has 4 rings (SSSR count). The van der Waals surface area contributed by atoms with Crippen molar-refractivity contribution in [3.8, 4) is 5.69 Å². The molecule has 1 aliphatic heterocycles. The van der Waals surface area contributed by atoms with Crippen LogP contribution in [0.1, 0.15) is 28.9 Å². The van der Waals surface area contributed by atoms with Crippen LogP contribution in [-0.2, 0) is 11.3 Å². The van der Waals surface area contributed by atoms with Gasteiger partial charge in [-0.05, 0) is 25.0 Å². The first-order chi connectivity index (χ1) is 11.6. The predicted molar refractivity (Wildman–Crippen MR) is 87.9 cm³/mol. The fourth-order valence-corrected chi connectivity index (χ4v) is 3.55. The molecule has 2 fully saturated rings. The summed E-state index contributed by atoms with van der Waals surface area (Å²) >= 11 is 0. The van der Waals surface area contributed by atoms with Gasteiger partial charge in [0.1, 0.15) is 0 Å². The van der Waals surface area contributed by atoms with Crippen molar-refractivity contribution < 1.29 is 14.6 Å². The Kier molecular flexibility index (Phi) is 3.66. The van der Waals surface area contributed by atoms with Crippen molar-refractivity contribution in [2.24, 2.45) is 5.41 Å². The fourth-order valence-electron chi connectivity index (χ4n) is 3.55. The third kappa shape index (κ3) is 2.42. The Morgan fingerprint density at radius 1 is 1.38 bits per heavy atom. The molecule has 1 amide bonds. The van der Waals surface area contributed by atoms with Crippen LogP contribution in [0.2, 0.25) is 0 Å². The van der Waals surface area contributed by atoms with Gasteiger partial charge in [-0.15, -0.1) is 0 Å². The molecule has 1 aromatic heterocycles. The second kappa shape index (κ2) is 5.72. The van der Waals surface area contributed by atoms with Crippen molar-refractivity contribution in [1.29, 1.82) is 0 Å². The number of carbonyl (C=O) groups excluding carboxylic acids is 1.